The first-order chi connectivity index (χ1) is 13.1. The molecule has 158 valence electrons. The van der Waals surface area contributed by atoms with Crippen LogP contribution >= 0.6 is 0 Å². The number of methoxy groups -OCH3 is 1. The highest BCUT2D eigenvalue weighted by atomic mass is 19.4. The second-order valence-corrected chi connectivity index (χ2v) is 6.91. The van der Waals surface area contributed by atoms with Gasteiger partial charge in [0.25, 0.3) is 5.91 Å². The number of aryl methyl sites for hydroxylation is 1. The summed E-state index contributed by atoms with van der Waals surface area (Å²) in [7, 11) is 1.73. The number of likely N-dealkylation sites (tertiary alicyclic amines) is 2. The monoisotopic (exact) mass is 407 g/mol. The van der Waals surface area contributed by atoms with Crippen LogP contribution in [0, 0.1) is 6.92 Å². The Labute approximate surface area is 160 Å². The fraction of sp³-hybridized carbons (Fsp3) is 0.706. The van der Waals surface area contributed by atoms with Gasteiger partial charge in [0.1, 0.15) is 5.76 Å². The minimum absolute atomic E-state index is 0.00971. The Morgan fingerprint density at radius 3 is 2.50 bits per heavy atom. The molecule has 1 atom stereocenters. The van der Waals surface area contributed by atoms with Gasteiger partial charge in [-0.15, -0.1) is 0 Å². The van der Waals surface area contributed by atoms with Gasteiger partial charge in [0.2, 0.25) is 0 Å². The minimum Gasteiger partial charge on any atom is -0.475 e. The summed E-state index contributed by atoms with van der Waals surface area (Å²) in [5, 5.41) is 11.0. The van der Waals surface area contributed by atoms with E-state index in [1.165, 1.54) is 12.8 Å². The molecule has 1 N–H and O–H groups in total. The zero-order chi connectivity index (χ0) is 20.9. The zero-order valence-corrected chi connectivity index (χ0v) is 15.8. The molecule has 1 spiro atoms. The van der Waals surface area contributed by atoms with Gasteiger partial charge in [-0.05, 0) is 26.2 Å². The van der Waals surface area contributed by atoms with E-state index >= 15 is 0 Å². The number of ether oxygens (including phenoxy) is 1. The standard InChI is InChI=1S/C15H23N3O3.C2HF3O2/c1-12-10-13(16-21-12)14(19)17-6-3-4-15(11-17)5-7-18(15)8-9-20-2;3-2(4,5)1(6)7/h10H,3-9,11H2,1-2H3;(H,6,7). The van der Waals surface area contributed by atoms with Crippen molar-refractivity contribution < 1.29 is 37.1 Å². The van der Waals surface area contributed by atoms with Crippen molar-refractivity contribution in [2.75, 3.05) is 39.9 Å². The molecule has 1 unspecified atom stereocenters. The summed E-state index contributed by atoms with van der Waals surface area (Å²) < 4.78 is 41.9. The number of aromatic nitrogens is 1. The van der Waals surface area contributed by atoms with E-state index in [1.807, 2.05) is 4.90 Å². The average molecular weight is 407 g/mol. The summed E-state index contributed by atoms with van der Waals surface area (Å²) in [5.74, 6) is -2.09. The summed E-state index contributed by atoms with van der Waals surface area (Å²) >= 11 is 0. The SMILES string of the molecule is COCCN1CCC12CCCN(C(=O)c1cc(C)on1)C2.O=C(O)C(F)(F)F. The number of alkyl halides is 3. The van der Waals surface area contributed by atoms with Gasteiger partial charge in [-0.1, -0.05) is 5.16 Å². The molecular formula is C17H24F3N3O5. The molecule has 2 fully saturated rings. The quantitative estimate of drug-likeness (QED) is 0.815. The van der Waals surface area contributed by atoms with Crippen molar-refractivity contribution >= 4 is 11.9 Å². The van der Waals surface area contributed by atoms with Gasteiger partial charge in [-0.25, -0.2) is 4.79 Å². The van der Waals surface area contributed by atoms with E-state index < -0.39 is 12.1 Å². The molecule has 28 heavy (non-hydrogen) atoms. The lowest BCUT2D eigenvalue weighted by Crippen LogP contribution is -2.67. The molecule has 2 aliphatic heterocycles. The van der Waals surface area contributed by atoms with Crippen molar-refractivity contribution in [3.05, 3.63) is 17.5 Å². The minimum atomic E-state index is -5.08. The van der Waals surface area contributed by atoms with Crippen LogP contribution in [0.5, 0.6) is 0 Å². The maximum Gasteiger partial charge on any atom is 0.490 e. The molecule has 0 aromatic carbocycles. The number of carbonyl (C=O) groups excluding carboxylic acids is 1. The van der Waals surface area contributed by atoms with Crippen molar-refractivity contribution in [2.24, 2.45) is 0 Å². The second-order valence-electron chi connectivity index (χ2n) is 6.91. The van der Waals surface area contributed by atoms with E-state index in [-0.39, 0.29) is 11.4 Å². The number of piperidine rings is 1. The lowest BCUT2D eigenvalue weighted by Gasteiger charge is -2.57. The molecule has 0 radical (unpaired) electrons. The van der Waals surface area contributed by atoms with Crippen molar-refractivity contribution in [2.45, 2.75) is 37.9 Å². The van der Waals surface area contributed by atoms with Crippen LogP contribution in [0.25, 0.3) is 0 Å². The number of hydrogen-bond donors (Lipinski definition) is 1. The molecule has 1 amide bonds. The predicted octanol–water partition coefficient (Wildman–Crippen LogP) is 1.94. The number of carboxylic acids is 1. The molecule has 2 aliphatic rings. The number of halogens is 3. The van der Waals surface area contributed by atoms with Crippen LogP contribution in [0.3, 0.4) is 0 Å². The number of rotatable bonds is 4. The van der Waals surface area contributed by atoms with Crippen molar-refractivity contribution in [3.8, 4) is 0 Å². The third kappa shape index (κ3) is 5.22. The van der Waals surface area contributed by atoms with E-state index in [9.17, 15) is 18.0 Å². The summed E-state index contributed by atoms with van der Waals surface area (Å²) in [4.78, 5) is 25.8. The van der Waals surface area contributed by atoms with E-state index in [0.717, 1.165) is 39.2 Å². The fourth-order valence-corrected chi connectivity index (χ4v) is 3.51. The Kier molecular flexibility index (Phi) is 7.05. The van der Waals surface area contributed by atoms with Gasteiger partial charge in [0, 0.05) is 44.9 Å². The first kappa shape index (κ1) is 22.2. The van der Waals surface area contributed by atoms with Crippen LogP contribution < -0.4 is 0 Å². The van der Waals surface area contributed by atoms with Crippen molar-refractivity contribution in [1.82, 2.24) is 15.0 Å². The molecule has 0 aliphatic carbocycles. The molecule has 0 bridgehead atoms. The Balaban J connectivity index is 0.000000345. The van der Waals surface area contributed by atoms with Crippen LogP contribution in [-0.2, 0) is 9.53 Å². The molecule has 1 aromatic rings. The number of carboxylic acid groups (broad SMARTS) is 1. The second kappa shape index (κ2) is 8.91. The van der Waals surface area contributed by atoms with Gasteiger partial charge >= 0.3 is 12.1 Å². The topological polar surface area (TPSA) is 96.1 Å². The van der Waals surface area contributed by atoms with Gasteiger partial charge in [-0.2, -0.15) is 13.2 Å². The average Bonchev–Trinajstić information content (AvgIpc) is 3.06. The molecule has 3 heterocycles. The fourth-order valence-electron chi connectivity index (χ4n) is 3.51. The number of amides is 1. The number of carbonyl (C=O) groups is 2. The lowest BCUT2D eigenvalue weighted by atomic mass is 9.77. The summed E-state index contributed by atoms with van der Waals surface area (Å²) in [6.07, 6.45) is -1.71. The van der Waals surface area contributed by atoms with E-state index in [2.05, 4.69) is 10.1 Å². The Hall–Kier alpha value is -2.14. The Morgan fingerprint density at radius 1 is 1.36 bits per heavy atom. The third-order valence-electron chi connectivity index (χ3n) is 5.02. The molecular weight excluding hydrogens is 383 g/mol. The molecule has 3 rings (SSSR count). The molecule has 8 nitrogen and oxygen atoms in total. The molecule has 1 aromatic heterocycles. The molecule has 0 saturated carbocycles. The van der Waals surface area contributed by atoms with Crippen LogP contribution in [0.2, 0.25) is 0 Å². The Bertz CT molecular complexity index is 694. The maximum absolute atomic E-state index is 12.5. The largest absolute Gasteiger partial charge is 0.490 e. The molecule has 11 heteroatoms. The van der Waals surface area contributed by atoms with Crippen LogP contribution in [-0.4, -0.2) is 83.6 Å². The number of aliphatic carboxylic acids is 1. The van der Waals surface area contributed by atoms with Gasteiger partial charge in [0.15, 0.2) is 5.69 Å². The van der Waals surface area contributed by atoms with Crippen molar-refractivity contribution in [1.29, 1.82) is 0 Å². The zero-order valence-electron chi connectivity index (χ0n) is 15.8. The highest BCUT2D eigenvalue weighted by molar-refractivity contribution is 5.92. The molecule has 2 saturated heterocycles. The summed E-state index contributed by atoms with van der Waals surface area (Å²) in [6, 6.07) is 1.72. The van der Waals surface area contributed by atoms with Gasteiger partial charge < -0.3 is 19.3 Å². The van der Waals surface area contributed by atoms with Gasteiger partial charge in [-0.3, -0.25) is 9.69 Å². The summed E-state index contributed by atoms with van der Waals surface area (Å²) in [5.41, 5.74) is 0.581. The van der Waals surface area contributed by atoms with E-state index in [1.54, 1.807) is 20.1 Å². The van der Waals surface area contributed by atoms with Gasteiger partial charge in [0.05, 0.1) is 6.61 Å². The third-order valence-corrected chi connectivity index (χ3v) is 5.02. The highest BCUT2D eigenvalue weighted by Gasteiger charge is 2.47. The maximum atomic E-state index is 12.5. The smallest absolute Gasteiger partial charge is 0.475 e. The number of nitrogens with zero attached hydrogens (tertiary/aromatic N) is 3. The van der Waals surface area contributed by atoms with Crippen LogP contribution in [0.4, 0.5) is 13.2 Å². The highest BCUT2D eigenvalue weighted by Crippen LogP contribution is 2.38. The lowest BCUT2D eigenvalue weighted by molar-refractivity contribution is -0.192. The van der Waals surface area contributed by atoms with Crippen LogP contribution in [0.15, 0.2) is 10.6 Å². The first-order valence-corrected chi connectivity index (χ1v) is 8.86. The van der Waals surface area contributed by atoms with Crippen LogP contribution in [0.1, 0.15) is 35.5 Å². The number of hydrogen-bond acceptors (Lipinski definition) is 6. The predicted molar refractivity (Wildman–Crippen MR) is 90.9 cm³/mol. The Morgan fingerprint density at radius 2 is 2.04 bits per heavy atom. The first-order valence-electron chi connectivity index (χ1n) is 8.86. The van der Waals surface area contributed by atoms with E-state index in [0.29, 0.717) is 11.5 Å². The summed E-state index contributed by atoms with van der Waals surface area (Å²) in [6.45, 7) is 6.21. The van der Waals surface area contributed by atoms with E-state index in [4.69, 9.17) is 19.2 Å². The normalized spacial score (nSPS) is 22.4. The van der Waals surface area contributed by atoms with Crippen molar-refractivity contribution in [3.63, 3.8) is 0 Å².